The highest BCUT2D eigenvalue weighted by molar-refractivity contribution is 9.10. The maximum atomic E-state index is 12.5. The molecular formula is C20H18BrClN4O3S. The van der Waals surface area contributed by atoms with Crippen LogP contribution in [0, 0.1) is 0 Å². The first-order valence-electron chi connectivity index (χ1n) is 9.23. The van der Waals surface area contributed by atoms with Crippen LogP contribution in [-0.4, -0.2) is 48.2 Å². The lowest BCUT2D eigenvalue weighted by Gasteiger charge is -2.30. The highest BCUT2D eigenvalue weighted by Crippen LogP contribution is 2.30. The molecule has 0 radical (unpaired) electrons. The number of nitrogens with zero attached hydrogens (tertiary/aromatic N) is 3. The second-order valence-corrected chi connectivity index (χ2v) is 8.76. The van der Waals surface area contributed by atoms with Gasteiger partial charge in [-0.25, -0.2) is 0 Å². The van der Waals surface area contributed by atoms with Gasteiger partial charge in [0.15, 0.2) is 0 Å². The second kappa shape index (κ2) is 9.82. The Balaban J connectivity index is 1.38. The molecule has 156 valence electrons. The van der Waals surface area contributed by atoms with Gasteiger partial charge >= 0.3 is 0 Å². The zero-order valence-corrected chi connectivity index (χ0v) is 19.0. The van der Waals surface area contributed by atoms with Gasteiger partial charge in [-0.2, -0.15) is 0 Å². The Morgan fingerprint density at radius 2 is 1.93 bits per heavy atom. The molecule has 0 saturated carbocycles. The number of anilines is 2. The number of carbonyl (C=O) groups is 1. The fourth-order valence-corrected chi connectivity index (χ4v) is 3.98. The summed E-state index contributed by atoms with van der Waals surface area (Å²) in [6.07, 6.45) is 0. The van der Waals surface area contributed by atoms with Gasteiger partial charge in [0.25, 0.3) is 5.22 Å². The van der Waals surface area contributed by atoms with Gasteiger partial charge in [0.1, 0.15) is 0 Å². The lowest BCUT2D eigenvalue weighted by atomic mass is 10.2. The lowest BCUT2D eigenvalue weighted by molar-refractivity contribution is -0.113. The van der Waals surface area contributed by atoms with Gasteiger partial charge in [-0.05, 0) is 42.5 Å². The zero-order valence-electron chi connectivity index (χ0n) is 15.8. The topological polar surface area (TPSA) is 80.5 Å². The van der Waals surface area contributed by atoms with E-state index >= 15 is 0 Å². The van der Waals surface area contributed by atoms with Crippen LogP contribution in [0.4, 0.5) is 11.4 Å². The van der Waals surface area contributed by atoms with E-state index < -0.39 is 0 Å². The summed E-state index contributed by atoms with van der Waals surface area (Å²) >= 11 is 10.7. The average Bonchev–Trinajstić information content (AvgIpc) is 3.23. The van der Waals surface area contributed by atoms with E-state index in [0.717, 1.165) is 28.8 Å². The summed E-state index contributed by atoms with van der Waals surface area (Å²) in [7, 11) is 0. The minimum absolute atomic E-state index is 0.136. The normalized spacial score (nSPS) is 14.0. The van der Waals surface area contributed by atoms with Crippen LogP contribution >= 0.6 is 39.3 Å². The summed E-state index contributed by atoms with van der Waals surface area (Å²) in [6.45, 7) is 2.84. The second-order valence-electron chi connectivity index (χ2n) is 6.48. The van der Waals surface area contributed by atoms with Crippen molar-refractivity contribution < 1.29 is 13.9 Å². The molecule has 1 N–H and O–H groups in total. The molecule has 2 aromatic carbocycles. The van der Waals surface area contributed by atoms with Gasteiger partial charge in [0.2, 0.25) is 11.8 Å². The number of hydrogen-bond acceptors (Lipinski definition) is 7. The van der Waals surface area contributed by atoms with Crippen molar-refractivity contribution in [2.45, 2.75) is 5.22 Å². The van der Waals surface area contributed by atoms with Crippen LogP contribution in [0.2, 0.25) is 5.02 Å². The molecule has 4 rings (SSSR count). The third kappa shape index (κ3) is 5.34. The number of benzene rings is 2. The Hall–Kier alpha value is -2.07. The summed E-state index contributed by atoms with van der Waals surface area (Å²) < 4.78 is 12.0. The van der Waals surface area contributed by atoms with Crippen molar-refractivity contribution in [3.8, 4) is 11.5 Å². The lowest BCUT2D eigenvalue weighted by Crippen LogP contribution is -2.36. The number of hydrogen-bond donors (Lipinski definition) is 1. The first-order valence-corrected chi connectivity index (χ1v) is 11.4. The van der Waals surface area contributed by atoms with E-state index in [0.29, 0.717) is 35.0 Å². The third-order valence-electron chi connectivity index (χ3n) is 4.41. The Kier molecular flexibility index (Phi) is 6.93. The summed E-state index contributed by atoms with van der Waals surface area (Å²) in [6, 6.07) is 13.1. The molecule has 1 aliphatic rings. The molecule has 3 aromatic rings. The van der Waals surface area contributed by atoms with Gasteiger partial charge in [0.05, 0.1) is 30.3 Å². The number of nitrogens with one attached hydrogen (secondary N) is 1. The molecule has 1 saturated heterocycles. The number of amides is 1. The fraction of sp³-hybridized carbons (Fsp3) is 0.250. The smallest absolute Gasteiger partial charge is 0.277 e. The summed E-state index contributed by atoms with van der Waals surface area (Å²) in [5.74, 6) is 0.367. The van der Waals surface area contributed by atoms with E-state index in [1.165, 1.54) is 11.8 Å². The Morgan fingerprint density at radius 1 is 1.17 bits per heavy atom. The Morgan fingerprint density at radius 3 is 2.70 bits per heavy atom. The maximum absolute atomic E-state index is 12.5. The molecule has 10 heteroatoms. The van der Waals surface area contributed by atoms with Crippen LogP contribution in [0.3, 0.4) is 0 Å². The molecule has 0 unspecified atom stereocenters. The quantitative estimate of drug-likeness (QED) is 0.482. The largest absolute Gasteiger partial charge is 0.411 e. The van der Waals surface area contributed by atoms with Gasteiger partial charge in [0, 0.05) is 28.1 Å². The van der Waals surface area contributed by atoms with Crippen molar-refractivity contribution in [2.75, 3.05) is 42.3 Å². The first kappa shape index (κ1) is 21.2. The number of thioether (sulfide) groups is 1. The van der Waals surface area contributed by atoms with E-state index in [1.807, 2.05) is 36.4 Å². The number of ether oxygens (including phenoxy) is 1. The van der Waals surface area contributed by atoms with Crippen LogP contribution in [0.1, 0.15) is 0 Å². The van der Waals surface area contributed by atoms with Gasteiger partial charge < -0.3 is 19.4 Å². The summed E-state index contributed by atoms with van der Waals surface area (Å²) in [4.78, 5) is 14.7. The molecule has 7 nitrogen and oxygen atoms in total. The predicted molar refractivity (Wildman–Crippen MR) is 121 cm³/mol. The zero-order chi connectivity index (χ0) is 20.9. The summed E-state index contributed by atoms with van der Waals surface area (Å²) in [5.41, 5.74) is 2.42. The number of aromatic nitrogens is 2. The molecule has 1 aromatic heterocycles. The average molecular weight is 510 g/mol. The molecule has 2 heterocycles. The van der Waals surface area contributed by atoms with Crippen molar-refractivity contribution in [1.82, 2.24) is 10.2 Å². The van der Waals surface area contributed by atoms with Crippen LogP contribution in [-0.2, 0) is 9.53 Å². The van der Waals surface area contributed by atoms with Crippen molar-refractivity contribution >= 4 is 56.6 Å². The van der Waals surface area contributed by atoms with Crippen LogP contribution in [0.25, 0.3) is 11.5 Å². The molecule has 0 bridgehead atoms. The van der Waals surface area contributed by atoms with Gasteiger partial charge in [-0.15, -0.1) is 10.2 Å². The minimum Gasteiger partial charge on any atom is -0.411 e. The van der Waals surface area contributed by atoms with Crippen molar-refractivity contribution in [3.63, 3.8) is 0 Å². The Bertz CT molecular complexity index is 1030. The number of halogens is 2. The van der Waals surface area contributed by atoms with E-state index in [9.17, 15) is 4.79 Å². The molecule has 0 spiro atoms. The molecule has 0 aliphatic carbocycles. The van der Waals surface area contributed by atoms with Crippen LogP contribution < -0.4 is 10.2 Å². The third-order valence-corrected chi connectivity index (χ3v) is 5.99. The minimum atomic E-state index is -0.180. The van der Waals surface area contributed by atoms with E-state index in [4.69, 9.17) is 20.8 Å². The number of carbonyl (C=O) groups excluding carboxylic acids is 1. The van der Waals surface area contributed by atoms with Crippen molar-refractivity contribution in [3.05, 3.63) is 52.0 Å². The molecule has 1 aliphatic heterocycles. The number of rotatable bonds is 6. The van der Waals surface area contributed by atoms with Gasteiger partial charge in [-0.3, -0.25) is 4.79 Å². The SMILES string of the molecule is O=C(CSc1nnc(-c2ccc(Br)cc2)o1)Nc1cc(Cl)ccc1N1CCOCC1. The highest BCUT2D eigenvalue weighted by atomic mass is 79.9. The van der Waals surface area contributed by atoms with Crippen molar-refractivity contribution in [1.29, 1.82) is 0 Å². The van der Waals surface area contributed by atoms with E-state index in [1.54, 1.807) is 6.07 Å². The maximum Gasteiger partial charge on any atom is 0.277 e. The van der Waals surface area contributed by atoms with Crippen LogP contribution in [0.15, 0.2) is 56.6 Å². The molecule has 1 fully saturated rings. The van der Waals surface area contributed by atoms with Crippen molar-refractivity contribution in [2.24, 2.45) is 0 Å². The fourth-order valence-electron chi connectivity index (χ4n) is 2.98. The van der Waals surface area contributed by atoms with Gasteiger partial charge in [-0.1, -0.05) is 39.3 Å². The summed E-state index contributed by atoms with van der Waals surface area (Å²) in [5, 5.41) is 11.9. The van der Waals surface area contributed by atoms with Crippen LogP contribution in [0.5, 0.6) is 0 Å². The predicted octanol–water partition coefficient (Wildman–Crippen LogP) is 4.72. The highest BCUT2D eigenvalue weighted by Gasteiger charge is 2.17. The van der Waals surface area contributed by atoms with E-state index in [2.05, 4.69) is 36.3 Å². The molecule has 1 amide bonds. The molecule has 30 heavy (non-hydrogen) atoms. The molecular weight excluding hydrogens is 492 g/mol. The molecule has 0 atom stereocenters. The monoisotopic (exact) mass is 508 g/mol. The number of morpholine rings is 1. The Labute approximate surface area is 191 Å². The standard InChI is InChI=1S/C20H18BrClN4O3S/c21-14-3-1-13(2-4-14)19-24-25-20(29-19)30-12-18(27)23-16-11-15(22)5-6-17(16)26-7-9-28-10-8-26/h1-6,11H,7-10,12H2,(H,23,27). The first-order chi connectivity index (χ1) is 14.6. The van der Waals surface area contributed by atoms with E-state index in [-0.39, 0.29) is 11.7 Å².